The molecule has 1 aliphatic rings. The Balaban J connectivity index is 2.89. The van der Waals surface area contributed by atoms with Gasteiger partial charge in [0.05, 0.1) is 6.61 Å². The molecule has 0 fully saturated rings. The second kappa shape index (κ2) is 5.07. The lowest BCUT2D eigenvalue weighted by Crippen LogP contribution is -2.32. The highest BCUT2D eigenvalue weighted by molar-refractivity contribution is 5.29. The lowest BCUT2D eigenvalue weighted by atomic mass is 9.99. The zero-order valence-corrected chi connectivity index (χ0v) is 8.76. The maximum Gasteiger partial charge on any atom is 0.100 e. The second-order valence-corrected chi connectivity index (χ2v) is 3.21. The molecule has 0 aliphatic carbocycles. The van der Waals surface area contributed by atoms with Crippen molar-refractivity contribution in [2.24, 2.45) is 0 Å². The molecule has 1 heterocycles. The summed E-state index contributed by atoms with van der Waals surface area (Å²) in [7, 11) is 2.01. The molecule has 2 heteroatoms. The van der Waals surface area contributed by atoms with Crippen molar-refractivity contribution in [3.05, 3.63) is 23.5 Å². The smallest absolute Gasteiger partial charge is 0.100 e. The van der Waals surface area contributed by atoms with Gasteiger partial charge in [0.25, 0.3) is 0 Å². The standard InChI is InChI=1S/C11H19NO/c1-4-6-9-10(12-3)7-8-13-11(9)5-2/h4,6,10,12H,5,7-8H2,1-3H3/b6-4-. The van der Waals surface area contributed by atoms with Crippen LogP contribution >= 0.6 is 0 Å². The van der Waals surface area contributed by atoms with Gasteiger partial charge in [0.15, 0.2) is 0 Å². The molecule has 1 atom stereocenters. The molecule has 0 radical (unpaired) electrons. The van der Waals surface area contributed by atoms with Crippen LogP contribution in [0.2, 0.25) is 0 Å². The predicted molar refractivity (Wildman–Crippen MR) is 55.5 cm³/mol. The van der Waals surface area contributed by atoms with E-state index < -0.39 is 0 Å². The molecule has 0 amide bonds. The molecule has 2 nitrogen and oxygen atoms in total. The number of likely N-dealkylation sites (N-methyl/N-ethyl adjacent to an activating group) is 1. The summed E-state index contributed by atoms with van der Waals surface area (Å²) in [5.74, 6) is 1.14. The molecule has 0 aromatic carbocycles. The number of hydrogen-bond acceptors (Lipinski definition) is 2. The SMILES string of the molecule is C/C=C\C1=C(CC)OCCC1NC. The largest absolute Gasteiger partial charge is 0.498 e. The maximum absolute atomic E-state index is 5.61. The summed E-state index contributed by atoms with van der Waals surface area (Å²) in [6.45, 7) is 5.02. The first-order chi connectivity index (χ1) is 6.33. The fourth-order valence-corrected chi connectivity index (χ4v) is 1.73. The van der Waals surface area contributed by atoms with Gasteiger partial charge >= 0.3 is 0 Å². The van der Waals surface area contributed by atoms with E-state index in [4.69, 9.17) is 4.74 Å². The molecular formula is C11H19NO. The van der Waals surface area contributed by atoms with Gasteiger partial charge in [0, 0.05) is 24.5 Å². The Morgan fingerprint density at radius 1 is 1.62 bits per heavy atom. The predicted octanol–water partition coefficient (Wildman–Crippen LogP) is 2.23. The molecule has 0 aromatic heterocycles. The highest BCUT2D eigenvalue weighted by Crippen LogP contribution is 2.22. The molecule has 0 saturated carbocycles. The van der Waals surface area contributed by atoms with Gasteiger partial charge in [-0.25, -0.2) is 0 Å². The summed E-state index contributed by atoms with van der Waals surface area (Å²) in [5.41, 5.74) is 1.32. The third-order valence-electron chi connectivity index (χ3n) is 2.40. The molecule has 1 unspecified atom stereocenters. The van der Waals surface area contributed by atoms with Crippen molar-refractivity contribution in [3.8, 4) is 0 Å². The Bertz CT molecular complexity index is 218. The van der Waals surface area contributed by atoms with Crippen LogP contribution in [0.15, 0.2) is 23.5 Å². The maximum atomic E-state index is 5.61. The van der Waals surface area contributed by atoms with E-state index in [0.29, 0.717) is 6.04 Å². The number of rotatable bonds is 3. The van der Waals surface area contributed by atoms with Gasteiger partial charge in [0.1, 0.15) is 5.76 Å². The van der Waals surface area contributed by atoms with E-state index in [1.807, 2.05) is 14.0 Å². The first-order valence-electron chi connectivity index (χ1n) is 4.99. The van der Waals surface area contributed by atoms with Gasteiger partial charge in [-0.1, -0.05) is 19.1 Å². The molecular weight excluding hydrogens is 162 g/mol. The second-order valence-electron chi connectivity index (χ2n) is 3.21. The number of ether oxygens (including phenoxy) is 1. The summed E-state index contributed by atoms with van der Waals surface area (Å²) in [4.78, 5) is 0. The van der Waals surface area contributed by atoms with Crippen molar-refractivity contribution >= 4 is 0 Å². The lowest BCUT2D eigenvalue weighted by molar-refractivity contribution is 0.169. The Morgan fingerprint density at radius 3 is 2.92 bits per heavy atom. The quantitative estimate of drug-likeness (QED) is 0.721. The van der Waals surface area contributed by atoms with Crippen LogP contribution in [0.25, 0.3) is 0 Å². The van der Waals surface area contributed by atoms with Crippen molar-refractivity contribution in [1.29, 1.82) is 0 Å². The summed E-state index contributed by atoms with van der Waals surface area (Å²) < 4.78 is 5.61. The zero-order valence-electron chi connectivity index (χ0n) is 8.76. The highest BCUT2D eigenvalue weighted by Gasteiger charge is 2.19. The monoisotopic (exact) mass is 181 g/mol. The number of allylic oxidation sites excluding steroid dienone is 2. The summed E-state index contributed by atoms with van der Waals surface area (Å²) >= 11 is 0. The van der Waals surface area contributed by atoms with Gasteiger partial charge in [-0.05, 0) is 14.0 Å². The van der Waals surface area contributed by atoms with Crippen molar-refractivity contribution < 1.29 is 4.74 Å². The molecule has 74 valence electrons. The van der Waals surface area contributed by atoms with Crippen LogP contribution in [-0.4, -0.2) is 19.7 Å². The summed E-state index contributed by atoms with van der Waals surface area (Å²) in [6.07, 6.45) is 6.28. The lowest BCUT2D eigenvalue weighted by Gasteiger charge is -2.26. The van der Waals surface area contributed by atoms with Gasteiger partial charge in [0.2, 0.25) is 0 Å². The van der Waals surface area contributed by atoms with E-state index in [2.05, 4.69) is 24.4 Å². The molecule has 13 heavy (non-hydrogen) atoms. The summed E-state index contributed by atoms with van der Waals surface area (Å²) in [5, 5.41) is 3.31. The van der Waals surface area contributed by atoms with Crippen LogP contribution in [0.3, 0.4) is 0 Å². The fourth-order valence-electron chi connectivity index (χ4n) is 1.73. The van der Waals surface area contributed by atoms with Crippen LogP contribution < -0.4 is 5.32 Å². The van der Waals surface area contributed by atoms with Crippen molar-refractivity contribution in [2.75, 3.05) is 13.7 Å². The van der Waals surface area contributed by atoms with Crippen LogP contribution in [-0.2, 0) is 4.74 Å². The van der Waals surface area contributed by atoms with Crippen LogP contribution in [0.5, 0.6) is 0 Å². The van der Waals surface area contributed by atoms with Crippen LogP contribution in [0.1, 0.15) is 26.7 Å². The van der Waals surface area contributed by atoms with E-state index in [9.17, 15) is 0 Å². The van der Waals surface area contributed by atoms with E-state index in [1.54, 1.807) is 0 Å². The number of hydrogen-bond donors (Lipinski definition) is 1. The van der Waals surface area contributed by atoms with E-state index in [1.165, 1.54) is 5.57 Å². The van der Waals surface area contributed by atoms with Crippen molar-refractivity contribution in [1.82, 2.24) is 5.32 Å². The Morgan fingerprint density at radius 2 is 2.38 bits per heavy atom. The molecule has 1 N–H and O–H groups in total. The van der Waals surface area contributed by atoms with E-state index >= 15 is 0 Å². The third-order valence-corrected chi connectivity index (χ3v) is 2.40. The van der Waals surface area contributed by atoms with E-state index in [-0.39, 0.29) is 0 Å². The van der Waals surface area contributed by atoms with Gasteiger partial charge in [-0.2, -0.15) is 0 Å². The van der Waals surface area contributed by atoms with Crippen LogP contribution in [0, 0.1) is 0 Å². The average Bonchev–Trinajstić information content (AvgIpc) is 2.18. The van der Waals surface area contributed by atoms with Gasteiger partial charge in [-0.15, -0.1) is 0 Å². The van der Waals surface area contributed by atoms with Crippen molar-refractivity contribution in [2.45, 2.75) is 32.7 Å². The average molecular weight is 181 g/mol. The zero-order chi connectivity index (χ0) is 9.68. The highest BCUT2D eigenvalue weighted by atomic mass is 16.5. The van der Waals surface area contributed by atoms with E-state index in [0.717, 1.165) is 25.2 Å². The topological polar surface area (TPSA) is 21.3 Å². The molecule has 0 saturated heterocycles. The Kier molecular flexibility index (Phi) is 4.03. The van der Waals surface area contributed by atoms with Crippen LogP contribution in [0.4, 0.5) is 0 Å². The summed E-state index contributed by atoms with van der Waals surface area (Å²) in [6, 6.07) is 0.472. The molecule has 1 rings (SSSR count). The Labute approximate surface area is 80.7 Å². The molecule has 0 bridgehead atoms. The fraction of sp³-hybridized carbons (Fsp3) is 0.636. The Hall–Kier alpha value is -0.760. The molecule has 1 aliphatic heterocycles. The minimum Gasteiger partial charge on any atom is -0.498 e. The van der Waals surface area contributed by atoms with Crippen molar-refractivity contribution in [3.63, 3.8) is 0 Å². The minimum atomic E-state index is 0.472. The first kappa shape index (κ1) is 10.3. The van der Waals surface area contributed by atoms with Gasteiger partial charge < -0.3 is 10.1 Å². The minimum absolute atomic E-state index is 0.472. The van der Waals surface area contributed by atoms with Gasteiger partial charge in [-0.3, -0.25) is 0 Å². The number of nitrogens with one attached hydrogen (secondary N) is 1. The molecule has 0 spiro atoms. The molecule has 0 aromatic rings. The first-order valence-corrected chi connectivity index (χ1v) is 4.99. The normalized spacial score (nSPS) is 23.8. The third kappa shape index (κ3) is 2.34.